The average molecular weight is 243 g/mol. The molecule has 0 fully saturated rings. The monoisotopic (exact) mass is 243 g/mol. The van der Waals surface area contributed by atoms with Crippen molar-refractivity contribution in [2.24, 2.45) is 5.73 Å². The van der Waals surface area contributed by atoms with Gasteiger partial charge in [-0.05, 0) is 17.3 Å². The molecule has 0 spiro atoms. The van der Waals surface area contributed by atoms with Crippen molar-refractivity contribution in [3.05, 3.63) is 29.8 Å². The van der Waals surface area contributed by atoms with Crippen molar-refractivity contribution < 1.29 is 13.0 Å². The van der Waals surface area contributed by atoms with E-state index in [1.165, 1.54) is 5.19 Å². The molecule has 1 amide bonds. The zero-order chi connectivity index (χ0) is 10.4. The van der Waals surface area contributed by atoms with Crippen LogP contribution in [-0.4, -0.2) is 36.2 Å². The molecule has 0 saturated carbocycles. The van der Waals surface area contributed by atoms with Gasteiger partial charge < -0.3 is 14.0 Å². The van der Waals surface area contributed by atoms with Crippen molar-refractivity contribution >= 4 is 41.3 Å². The number of amides is 1. The van der Waals surface area contributed by atoms with Crippen LogP contribution in [0.15, 0.2) is 24.3 Å². The first-order chi connectivity index (χ1) is 6.74. The Hall–Kier alpha value is -0.739. The summed E-state index contributed by atoms with van der Waals surface area (Å²) in [6, 6.07) is 7.26. The minimum absolute atomic E-state index is 0.392. The smallest absolute Gasteiger partial charge is 0.283 e. The van der Waals surface area contributed by atoms with Gasteiger partial charge in [0, 0.05) is 5.56 Å². The zero-order valence-electron chi connectivity index (χ0n) is 8.03. The van der Waals surface area contributed by atoms with Gasteiger partial charge in [-0.1, -0.05) is 12.1 Å². The minimum atomic E-state index is -0.716. The molecule has 14 heavy (non-hydrogen) atoms. The van der Waals surface area contributed by atoms with Crippen LogP contribution in [0, 0.1) is 0 Å². The Balaban J connectivity index is 2.51. The highest BCUT2D eigenvalue weighted by Gasteiger charge is 1.99. The molecule has 0 aliphatic heterocycles. The van der Waals surface area contributed by atoms with E-state index in [1.807, 2.05) is 12.1 Å². The third-order valence-corrected chi connectivity index (χ3v) is 4.94. The standard InChI is InChI=1S/C7H13NO3Si3/c8-7(9)5-1-3-6(4-2-5)13-11-14-10-12/h1-4H,13-14H2,12H3,(H2,8,9). The van der Waals surface area contributed by atoms with E-state index in [9.17, 15) is 4.79 Å². The van der Waals surface area contributed by atoms with Gasteiger partial charge in [-0.3, -0.25) is 4.79 Å². The van der Waals surface area contributed by atoms with Crippen LogP contribution in [0.5, 0.6) is 0 Å². The lowest BCUT2D eigenvalue weighted by molar-refractivity contribution is 0.100. The van der Waals surface area contributed by atoms with E-state index < -0.39 is 25.7 Å². The Labute approximate surface area is 90.3 Å². The van der Waals surface area contributed by atoms with Crippen molar-refractivity contribution in [3.63, 3.8) is 0 Å². The summed E-state index contributed by atoms with van der Waals surface area (Å²) >= 11 is 0. The summed E-state index contributed by atoms with van der Waals surface area (Å²) in [7, 11) is -0.612. The van der Waals surface area contributed by atoms with Gasteiger partial charge in [0.1, 0.15) is 10.5 Å². The highest BCUT2D eigenvalue weighted by Crippen LogP contribution is 1.94. The van der Waals surface area contributed by atoms with E-state index in [0.717, 1.165) is 10.5 Å². The second-order valence-electron chi connectivity index (χ2n) is 2.82. The SMILES string of the molecule is NC(=O)c1ccc([SiH2]O[SiH2]O[SiH3])cc1. The summed E-state index contributed by atoms with van der Waals surface area (Å²) in [5.74, 6) is -0.392. The summed E-state index contributed by atoms with van der Waals surface area (Å²) in [5, 5.41) is 1.17. The second-order valence-corrected chi connectivity index (χ2v) is 8.10. The van der Waals surface area contributed by atoms with Crippen LogP contribution in [0.25, 0.3) is 0 Å². The van der Waals surface area contributed by atoms with Gasteiger partial charge in [-0.25, -0.2) is 0 Å². The van der Waals surface area contributed by atoms with E-state index in [1.54, 1.807) is 12.1 Å². The fourth-order valence-electron chi connectivity index (χ4n) is 1.01. The molecule has 0 aliphatic carbocycles. The predicted molar refractivity (Wildman–Crippen MR) is 63.8 cm³/mol. The van der Waals surface area contributed by atoms with Gasteiger partial charge in [-0.15, -0.1) is 0 Å². The zero-order valence-corrected chi connectivity index (χ0v) is 12.9. The Kier molecular flexibility index (Phi) is 4.76. The number of hydrogen-bond donors (Lipinski definition) is 1. The summed E-state index contributed by atoms with van der Waals surface area (Å²) in [6.45, 7) is 0. The van der Waals surface area contributed by atoms with Gasteiger partial charge in [-0.2, -0.15) is 0 Å². The van der Waals surface area contributed by atoms with E-state index in [4.69, 9.17) is 14.0 Å². The minimum Gasteiger partial charge on any atom is -0.449 e. The van der Waals surface area contributed by atoms with Crippen LogP contribution in [0.4, 0.5) is 0 Å². The van der Waals surface area contributed by atoms with Crippen LogP contribution in [0.1, 0.15) is 10.4 Å². The molecule has 4 nitrogen and oxygen atoms in total. The molecule has 1 rings (SSSR count). The van der Waals surface area contributed by atoms with Crippen molar-refractivity contribution in [3.8, 4) is 0 Å². The normalized spacial score (nSPS) is 12.0. The number of nitrogens with two attached hydrogens (primary N) is 1. The van der Waals surface area contributed by atoms with Gasteiger partial charge in [0.2, 0.25) is 5.91 Å². The quantitative estimate of drug-likeness (QED) is 0.438. The van der Waals surface area contributed by atoms with Crippen LogP contribution < -0.4 is 10.9 Å². The Bertz CT molecular complexity index is 304. The molecule has 0 aliphatic rings. The molecule has 0 aromatic heterocycles. The highest BCUT2D eigenvalue weighted by atomic mass is 28.3. The Morgan fingerprint density at radius 1 is 1.36 bits per heavy atom. The molecule has 1 aromatic carbocycles. The topological polar surface area (TPSA) is 61.6 Å². The lowest BCUT2D eigenvalue weighted by atomic mass is 10.2. The van der Waals surface area contributed by atoms with Crippen LogP contribution in [0.3, 0.4) is 0 Å². The third kappa shape index (κ3) is 3.56. The molecule has 2 N–H and O–H groups in total. The maximum Gasteiger partial charge on any atom is 0.283 e. The molecule has 1 aromatic rings. The van der Waals surface area contributed by atoms with Gasteiger partial charge >= 0.3 is 0 Å². The van der Waals surface area contributed by atoms with Gasteiger partial charge in [0.15, 0.2) is 9.76 Å². The van der Waals surface area contributed by atoms with E-state index in [2.05, 4.69) is 0 Å². The lowest BCUT2D eigenvalue weighted by Crippen LogP contribution is -2.21. The second kappa shape index (κ2) is 5.88. The molecule has 7 heteroatoms. The maximum absolute atomic E-state index is 10.8. The summed E-state index contributed by atoms with van der Waals surface area (Å²) in [4.78, 5) is 10.8. The summed E-state index contributed by atoms with van der Waals surface area (Å²) < 4.78 is 10.5. The van der Waals surface area contributed by atoms with Crippen LogP contribution >= 0.6 is 0 Å². The highest BCUT2D eigenvalue weighted by molar-refractivity contribution is 6.53. The molecule has 0 bridgehead atoms. The summed E-state index contributed by atoms with van der Waals surface area (Å²) in [6.07, 6.45) is 0. The number of carbonyl (C=O) groups excluding carboxylic acids is 1. The molecular weight excluding hydrogens is 230 g/mol. The first-order valence-corrected chi connectivity index (χ1v) is 7.45. The largest absolute Gasteiger partial charge is 0.449 e. The molecule has 0 radical (unpaired) electrons. The summed E-state index contributed by atoms with van der Waals surface area (Å²) in [5.41, 5.74) is 5.66. The van der Waals surface area contributed by atoms with E-state index in [0.29, 0.717) is 5.56 Å². The molecular formula is C7H13NO3Si3. The van der Waals surface area contributed by atoms with Crippen molar-refractivity contribution in [2.45, 2.75) is 0 Å². The van der Waals surface area contributed by atoms with Crippen LogP contribution in [-0.2, 0) is 8.23 Å². The van der Waals surface area contributed by atoms with Crippen LogP contribution in [0.2, 0.25) is 0 Å². The number of carbonyl (C=O) groups is 1. The molecule has 0 saturated heterocycles. The first kappa shape index (κ1) is 11.3. The lowest BCUT2D eigenvalue weighted by Gasteiger charge is -2.02. The predicted octanol–water partition coefficient (Wildman–Crippen LogP) is -3.19. The number of primary amides is 1. The van der Waals surface area contributed by atoms with Crippen molar-refractivity contribution in [2.75, 3.05) is 0 Å². The number of benzene rings is 1. The molecule has 76 valence electrons. The molecule has 0 atom stereocenters. The molecule has 0 heterocycles. The van der Waals surface area contributed by atoms with Crippen molar-refractivity contribution in [1.82, 2.24) is 0 Å². The Morgan fingerprint density at radius 2 is 2.00 bits per heavy atom. The van der Waals surface area contributed by atoms with Crippen molar-refractivity contribution in [1.29, 1.82) is 0 Å². The first-order valence-electron chi connectivity index (χ1n) is 4.19. The Morgan fingerprint density at radius 3 is 2.50 bits per heavy atom. The fraction of sp³-hybridized carbons (Fsp3) is 0. The average Bonchev–Trinajstić information content (AvgIpc) is 2.19. The number of rotatable bonds is 5. The number of hydrogen-bond acceptors (Lipinski definition) is 3. The van der Waals surface area contributed by atoms with E-state index >= 15 is 0 Å². The van der Waals surface area contributed by atoms with Gasteiger partial charge in [0.25, 0.3) is 10.0 Å². The fourth-order valence-corrected chi connectivity index (χ4v) is 4.88. The van der Waals surface area contributed by atoms with Gasteiger partial charge in [0.05, 0.1) is 0 Å². The maximum atomic E-state index is 10.8. The third-order valence-electron chi connectivity index (χ3n) is 1.71. The molecule has 0 unspecified atom stereocenters. The van der Waals surface area contributed by atoms with E-state index in [-0.39, 0.29) is 0 Å².